The SMILES string of the molecule is CCCCCCCCOc1c2c(c(OP(=O)(OC)OC)c3c1C1CC3c3cc4c(cc31)C1CC4c3ccccc31)C1CC2c2cc3c(cc21)C1CC3c2ccccc21. The van der Waals surface area contributed by atoms with E-state index in [2.05, 4.69) is 79.7 Å². The molecular formula is C52H51O5P. The molecule has 0 spiro atoms. The minimum Gasteiger partial charge on any atom is -0.493 e. The van der Waals surface area contributed by atoms with E-state index in [4.69, 9.17) is 18.3 Å². The van der Waals surface area contributed by atoms with Crippen molar-refractivity contribution in [2.75, 3.05) is 20.8 Å². The zero-order chi connectivity index (χ0) is 38.6. The average Bonchev–Trinajstić information content (AvgIpc) is 4.14. The largest absolute Gasteiger partial charge is 0.529 e. The van der Waals surface area contributed by atoms with Crippen molar-refractivity contribution >= 4 is 7.82 Å². The van der Waals surface area contributed by atoms with E-state index in [0.29, 0.717) is 30.3 Å². The molecule has 0 fully saturated rings. The highest BCUT2D eigenvalue weighted by atomic mass is 31.2. The van der Waals surface area contributed by atoms with Gasteiger partial charge in [0.25, 0.3) is 0 Å². The number of fused-ring (bicyclic) bond motifs is 32. The summed E-state index contributed by atoms with van der Waals surface area (Å²) in [5, 5.41) is 0. The summed E-state index contributed by atoms with van der Waals surface area (Å²) in [6.07, 6.45) is 11.7. The van der Waals surface area contributed by atoms with E-state index in [1.807, 2.05) is 0 Å². The zero-order valence-corrected chi connectivity index (χ0v) is 34.7. The lowest BCUT2D eigenvalue weighted by molar-refractivity contribution is 0.209. The van der Waals surface area contributed by atoms with Crippen LogP contribution in [0.5, 0.6) is 11.5 Å². The number of benzene rings is 5. The molecule has 0 aromatic heterocycles. The summed E-state index contributed by atoms with van der Waals surface area (Å²) in [4.78, 5) is 0. The van der Waals surface area contributed by atoms with Crippen LogP contribution in [0.1, 0.15) is 207 Å². The predicted octanol–water partition coefficient (Wildman–Crippen LogP) is 13.1. The molecular weight excluding hydrogens is 736 g/mol. The molecule has 13 rings (SSSR count). The van der Waals surface area contributed by atoms with E-state index in [9.17, 15) is 4.57 Å². The van der Waals surface area contributed by atoms with E-state index in [-0.39, 0.29) is 23.7 Å². The highest BCUT2D eigenvalue weighted by Crippen LogP contribution is 2.72. The lowest BCUT2D eigenvalue weighted by atomic mass is 9.74. The van der Waals surface area contributed by atoms with Crippen LogP contribution >= 0.6 is 7.82 Å². The van der Waals surface area contributed by atoms with Crippen LogP contribution < -0.4 is 9.26 Å². The molecule has 6 heteroatoms. The minimum atomic E-state index is -3.89. The maximum absolute atomic E-state index is 14.2. The molecule has 294 valence electrons. The summed E-state index contributed by atoms with van der Waals surface area (Å²) in [7, 11) is -1.01. The Balaban J connectivity index is 0.978. The number of phosphoric acid groups is 1. The molecule has 5 nitrogen and oxygen atoms in total. The second-order valence-corrected chi connectivity index (χ2v) is 20.5. The quantitative estimate of drug-likeness (QED) is 0.0931. The molecule has 0 radical (unpaired) electrons. The van der Waals surface area contributed by atoms with Crippen molar-refractivity contribution in [3.05, 3.63) is 162 Å². The number of unbranched alkanes of at least 4 members (excludes halogenated alkanes) is 5. The van der Waals surface area contributed by atoms with Crippen molar-refractivity contribution in [1.82, 2.24) is 0 Å². The second kappa shape index (κ2) is 12.4. The normalized spacial score (nSPS) is 26.9. The summed E-state index contributed by atoms with van der Waals surface area (Å²) < 4.78 is 39.5. The molecule has 8 bridgehead atoms. The van der Waals surface area contributed by atoms with Gasteiger partial charge in [-0.15, -0.1) is 0 Å². The Morgan fingerprint density at radius 1 is 0.466 bits per heavy atom. The molecule has 8 unspecified atom stereocenters. The first kappa shape index (κ1) is 34.7. The van der Waals surface area contributed by atoms with Crippen molar-refractivity contribution in [2.24, 2.45) is 0 Å². The fourth-order valence-corrected chi connectivity index (χ4v) is 14.7. The van der Waals surface area contributed by atoms with Gasteiger partial charge in [0.15, 0.2) is 0 Å². The Morgan fingerprint density at radius 3 is 1.21 bits per heavy atom. The smallest absolute Gasteiger partial charge is 0.493 e. The fraction of sp³-hybridized carbons (Fsp3) is 0.423. The van der Waals surface area contributed by atoms with E-state index >= 15 is 0 Å². The van der Waals surface area contributed by atoms with Gasteiger partial charge in [0, 0.05) is 83.8 Å². The van der Waals surface area contributed by atoms with Gasteiger partial charge in [0.2, 0.25) is 0 Å². The lowest BCUT2D eigenvalue weighted by Crippen LogP contribution is -2.17. The summed E-state index contributed by atoms with van der Waals surface area (Å²) in [6, 6.07) is 28.6. The molecule has 0 saturated carbocycles. The van der Waals surface area contributed by atoms with Gasteiger partial charge < -0.3 is 9.26 Å². The van der Waals surface area contributed by atoms with Crippen LogP contribution in [0.15, 0.2) is 72.8 Å². The molecule has 0 aliphatic heterocycles. The second-order valence-electron chi connectivity index (χ2n) is 18.7. The van der Waals surface area contributed by atoms with Crippen LogP contribution in [0, 0.1) is 0 Å². The first-order valence-corrected chi connectivity index (χ1v) is 23.8. The van der Waals surface area contributed by atoms with E-state index in [1.54, 1.807) is 0 Å². The standard InChI is InChI=1S/C52H51O5P/c1-4-5-6-7-8-13-18-56-51-47-43-25-45(41-23-37-33-19-31(35(37)21-39(41)43)27-14-9-11-16-29(27)33)49(47)52(57-58(53,54-2)55-3)50-46-26-44(48(50)51)40-22-36-32-20-34(38(36)24-42(40)46)30-17-12-10-15-28(30)32/h9-12,14-17,21-24,31-34,43-46H,4-8,13,18-20,25-26H2,1-3H3. The third-order valence-electron chi connectivity index (χ3n) is 16.3. The number of rotatable bonds is 12. The topological polar surface area (TPSA) is 54.0 Å². The van der Waals surface area contributed by atoms with Gasteiger partial charge in [-0.2, -0.15) is 0 Å². The number of hydrogen-bond acceptors (Lipinski definition) is 5. The molecule has 5 aromatic carbocycles. The first-order chi connectivity index (χ1) is 28.5. The molecule has 0 amide bonds. The Labute approximate surface area is 342 Å². The summed E-state index contributed by atoms with van der Waals surface area (Å²) >= 11 is 0. The van der Waals surface area contributed by atoms with Gasteiger partial charge >= 0.3 is 7.82 Å². The van der Waals surface area contributed by atoms with Crippen LogP contribution in [0.25, 0.3) is 0 Å². The summed E-state index contributed by atoms with van der Waals surface area (Å²) in [6.45, 7) is 2.99. The number of hydrogen-bond donors (Lipinski definition) is 0. The molecule has 0 N–H and O–H groups in total. The van der Waals surface area contributed by atoms with Crippen molar-refractivity contribution in [3.63, 3.8) is 0 Å². The van der Waals surface area contributed by atoms with Crippen molar-refractivity contribution in [2.45, 2.75) is 118 Å². The van der Waals surface area contributed by atoms with Crippen LogP contribution in [-0.2, 0) is 13.6 Å². The predicted molar refractivity (Wildman–Crippen MR) is 227 cm³/mol. The van der Waals surface area contributed by atoms with E-state index in [0.717, 1.165) is 30.8 Å². The van der Waals surface area contributed by atoms with Crippen molar-refractivity contribution in [3.8, 4) is 11.5 Å². The van der Waals surface area contributed by atoms with Crippen molar-refractivity contribution < 1.29 is 22.9 Å². The highest BCUT2D eigenvalue weighted by Gasteiger charge is 2.56. The van der Waals surface area contributed by atoms with E-state index in [1.165, 1.54) is 148 Å². The lowest BCUT2D eigenvalue weighted by Gasteiger charge is -2.33. The highest BCUT2D eigenvalue weighted by molar-refractivity contribution is 7.48. The summed E-state index contributed by atoms with van der Waals surface area (Å²) in [5.41, 5.74) is 22.8. The Kier molecular flexibility index (Phi) is 7.44. The molecule has 8 aliphatic rings. The molecule has 8 aliphatic carbocycles. The van der Waals surface area contributed by atoms with Gasteiger partial charge in [-0.05, 0) is 98.9 Å². The van der Waals surface area contributed by atoms with Gasteiger partial charge in [-0.25, -0.2) is 4.57 Å². The zero-order valence-electron chi connectivity index (χ0n) is 33.8. The van der Waals surface area contributed by atoms with E-state index < -0.39 is 7.82 Å². The third kappa shape index (κ3) is 4.44. The fourth-order valence-electron chi connectivity index (χ4n) is 14.0. The van der Waals surface area contributed by atoms with Gasteiger partial charge in [0.05, 0.1) is 6.61 Å². The number of ether oxygens (including phenoxy) is 1. The molecule has 58 heavy (non-hydrogen) atoms. The molecule has 0 heterocycles. The van der Waals surface area contributed by atoms with Crippen LogP contribution in [-0.4, -0.2) is 20.8 Å². The minimum absolute atomic E-state index is 0.138. The molecule has 0 saturated heterocycles. The third-order valence-corrected chi connectivity index (χ3v) is 17.6. The Bertz CT molecular complexity index is 2500. The maximum atomic E-state index is 14.2. The average molecular weight is 787 g/mol. The van der Waals surface area contributed by atoms with Crippen LogP contribution in [0.2, 0.25) is 0 Å². The van der Waals surface area contributed by atoms with Gasteiger partial charge in [-0.3, -0.25) is 9.05 Å². The van der Waals surface area contributed by atoms with Gasteiger partial charge in [0.1, 0.15) is 11.5 Å². The number of phosphoric ester groups is 1. The van der Waals surface area contributed by atoms with Crippen molar-refractivity contribution in [1.29, 1.82) is 0 Å². The Morgan fingerprint density at radius 2 is 0.810 bits per heavy atom. The summed E-state index contributed by atoms with van der Waals surface area (Å²) in [5.74, 6) is 4.43. The Hall–Kier alpha value is -4.15. The van der Waals surface area contributed by atoms with Crippen LogP contribution in [0.3, 0.4) is 0 Å². The first-order valence-electron chi connectivity index (χ1n) is 22.3. The maximum Gasteiger partial charge on any atom is 0.529 e. The molecule has 5 aromatic rings. The monoisotopic (exact) mass is 786 g/mol. The molecule has 8 atom stereocenters. The van der Waals surface area contributed by atoms with Gasteiger partial charge in [-0.1, -0.05) is 112 Å². The van der Waals surface area contributed by atoms with Crippen LogP contribution in [0.4, 0.5) is 0 Å².